The summed E-state index contributed by atoms with van der Waals surface area (Å²) < 4.78 is 28.0. The second-order valence-electron chi connectivity index (χ2n) is 4.36. The maximum Gasteiger partial charge on any atom is 0.162 e. The highest BCUT2D eigenvalue weighted by molar-refractivity contribution is 14.1. The van der Waals surface area contributed by atoms with Gasteiger partial charge in [0.2, 0.25) is 0 Å². The summed E-state index contributed by atoms with van der Waals surface area (Å²) in [6.07, 6.45) is 0.420. The Morgan fingerprint density at radius 1 is 1.16 bits per heavy atom. The Morgan fingerprint density at radius 3 is 2.58 bits per heavy atom. The van der Waals surface area contributed by atoms with Crippen molar-refractivity contribution in [2.24, 2.45) is 0 Å². The van der Waals surface area contributed by atoms with E-state index in [1.165, 1.54) is 11.6 Å². The first kappa shape index (κ1) is 14.9. The van der Waals surface area contributed by atoms with Gasteiger partial charge in [-0.15, -0.1) is 0 Å². The lowest BCUT2D eigenvalue weighted by Crippen LogP contribution is -2.02. The summed E-state index contributed by atoms with van der Waals surface area (Å²) in [6.45, 7) is 2.04. The Morgan fingerprint density at radius 2 is 1.84 bits per heavy atom. The summed E-state index contributed by atoms with van der Waals surface area (Å²) in [6, 6.07) is 10.3. The molecule has 0 bridgehead atoms. The predicted octanol–water partition coefficient (Wildman–Crippen LogP) is 5.56. The molecule has 2 aromatic carbocycles. The summed E-state index contributed by atoms with van der Waals surface area (Å²) in [5, 5.41) is 0. The highest BCUT2D eigenvalue weighted by Crippen LogP contribution is 2.32. The molecule has 1 unspecified atom stereocenters. The first-order valence-electron chi connectivity index (χ1n) is 5.82. The monoisotopic (exact) mass is 436 g/mol. The molecule has 19 heavy (non-hydrogen) atoms. The molecule has 0 aromatic heterocycles. The van der Waals surface area contributed by atoms with Crippen LogP contribution in [0.5, 0.6) is 0 Å². The average Bonchev–Trinajstić information content (AvgIpc) is 2.38. The number of aryl methyl sites for hydroxylation is 1. The third kappa shape index (κ3) is 3.34. The predicted molar refractivity (Wildman–Crippen MR) is 85.6 cm³/mol. The van der Waals surface area contributed by atoms with Gasteiger partial charge in [-0.05, 0) is 58.7 Å². The summed E-state index contributed by atoms with van der Waals surface area (Å²) in [5.74, 6) is -1.55. The lowest BCUT2D eigenvalue weighted by atomic mass is 10.0. The standard InChI is InChI=1S/C15H12BrF2I/c1-9-4-2-6-11(15(9)19)12(16)8-10-5-3-7-13(17)14(10)18/h2-7,12H,8H2,1H3. The molecular formula is C15H12BrF2I. The second-order valence-corrected chi connectivity index (χ2v) is 6.55. The molecule has 1 atom stereocenters. The van der Waals surface area contributed by atoms with E-state index in [1.807, 2.05) is 25.1 Å². The van der Waals surface area contributed by atoms with Gasteiger partial charge < -0.3 is 0 Å². The zero-order valence-electron chi connectivity index (χ0n) is 10.3. The van der Waals surface area contributed by atoms with Gasteiger partial charge in [-0.1, -0.05) is 46.3 Å². The molecule has 0 saturated carbocycles. The molecule has 0 radical (unpaired) electrons. The molecule has 2 aromatic rings. The van der Waals surface area contributed by atoms with Crippen LogP contribution >= 0.6 is 38.5 Å². The highest BCUT2D eigenvalue weighted by Gasteiger charge is 2.16. The van der Waals surface area contributed by atoms with Crippen LogP contribution in [0.1, 0.15) is 21.5 Å². The van der Waals surface area contributed by atoms with E-state index in [2.05, 4.69) is 38.5 Å². The fourth-order valence-electron chi connectivity index (χ4n) is 1.92. The Labute approximate surface area is 133 Å². The van der Waals surface area contributed by atoms with Crippen molar-refractivity contribution in [3.63, 3.8) is 0 Å². The van der Waals surface area contributed by atoms with E-state index in [1.54, 1.807) is 6.07 Å². The number of halogens is 4. The smallest absolute Gasteiger partial charge is 0.162 e. The summed E-state index contributed by atoms with van der Waals surface area (Å²) in [4.78, 5) is -0.0319. The van der Waals surface area contributed by atoms with Gasteiger partial charge in [0.15, 0.2) is 11.6 Å². The van der Waals surface area contributed by atoms with Crippen molar-refractivity contribution in [2.75, 3.05) is 0 Å². The fraction of sp³-hybridized carbons (Fsp3) is 0.200. The summed E-state index contributed by atoms with van der Waals surface area (Å²) in [7, 11) is 0. The minimum atomic E-state index is -0.795. The Bertz CT molecular complexity index is 599. The zero-order chi connectivity index (χ0) is 14.0. The van der Waals surface area contributed by atoms with Crippen LogP contribution in [0.15, 0.2) is 36.4 Å². The molecule has 0 aliphatic carbocycles. The van der Waals surface area contributed by atoms with Crippen molar-refractivity contribution in [1.29, 1.82) is 0 Å². The fourth-order valence-corrected chi connectivity index (χ4v) is 3.81. The van der Waals surface area contributed by atoms with E-state index in [-0.39, 0.29) is 4.83 Å². The van der Waals surface area contributed by atoms with E-state index in [4.69, 9.17) is 0 Å². The SMILES string of the molecule is Cc1cccc(C(Br)Cc2cccc(F)c2F)c1I. The topological polar surface area (TPSA) is 0 Å². The van der Waals surface area contributed by atoms with Crippen LogP contribution in [-0.4, -0.2) is 0 Å². The molecular weight excluding hydrogens is 425 g/mol. The van der Waals surface area contributed by atoms with E-state index in [9.17, 15) is 8.78 Å². The van der Waals surface area contributed by atoms with Crippen LogP contribution in [0.3, 0.4) is 0 Å². The molecule has 0 aliphatic heterocycles. The second kappa shape index (κ2) is 6.31. The summed E-state index contributed by atoms with van der Waals surface area (Å²) in [5.41, 5.74) is 2.67. The van der Waals surface area contributed by atoms with E-state index in [0.717, 1.165) is 15.2 Å². The highest BCUT2D eigenvalue weighted by atomic mass is 127. The van der Waals surface area contributed by atoms with Gasteiger partial charge in [-0.3, -0.25) is 0 Å². The van der Waals surface area contributed by atoms with Crippen LogP contribution < -0.4 is 0 Å². The summed E-state index contributed by atoms with van der Waals surface area (Å²) >= 11 is 5.85. The zero-order valence-corrected chi connectivity index (χ0v) is 14.0. The van der Waals surface area contributed by atoms with Crippen molar-refractivity contribution < 1.29 is 8.78 Å². The van der Waals surface area contributed by atoms with Crippen LogP contribution in [-0.2, 0) is 6.42 Å². The largest absolute Gasteiger partial charge is 0.204 e. The van der Waals surface area contributed by atoms with E-state index in [0.29, 0.717) is 12.0 Å². The molecule has 0 heterocycles. The molecule has 2 rings (SSSR count). The van der Waals surface area contributed by atoms with Crippen molar-refractivity contribution in [1.82, 2.24) is 0 Å². The van der Waals surface area contributed by atoms with Crippen LogP contribution in [0.25, 0.3) is 0 Å². The lowest BCUT2D eigenvalue weighted by Gasteiger charge is -2.14. The molecule has 0 N–H and O–H groups in total. The number of hydrogen-bond acceptors (Lipinski definition) is 0. The van der Waals surface area contributed by atoms with Crippen LogP contribution in [0.2, 0.25) is 0 Å². The van der Waals surface area contributed by atoms with Gasteiger partial charge in [0.05, 0.1) is 0 Å². The van der Waals surface area contributed by atoms with Crippen molar-refractivity contribution in [3.8, 4) is 0 Å². The van der Waals surface area contributed by atoms with Gasteiger partial charge in [0, 0.05) is 8.40 Å². The minimum Gasteiger partial charge on any atom is -0.204 e. The molecule has 100 valence electrons. The molecule has 0 spiro atoms. The number of hydrogen-bond donors (Lipinski definition) is 0. The van der Waals surface area contributed by atoms with Gasteiger partial charge in [-0.25, -0.2) is 8.78 Å². The molecule has 0 saturated heterocycles. The first-order chi connectivity index (χ1) is 9.00. The van der Waals surface area contributed by atoms with Gasteiger partial charge in [-0.2, -0.15) is 0 Å². The van der Waals surface area contributed by atoms with Crippen molar-refractivity contribution >= 4 is 38.5 Å². The third-order valence-electron chi connectivity index (χ3n) is 2.99. The van der Waals surface area contributed by atoms with E-state index < -0.39 is 11.6 Å². The van der Waals surface area contributed by atoms with Crippen molar-refractivity contribution in [2.45, 2.75) is 18.2 Å². The number of alkyl halides is 1. The molecule has 0 amide bonds. The molecule has 0 aliphatic rings. The van der Waals surface area contributed by atoms with Gasteiger partial charge in [0.25, 0.3) is 0 Å². The number of benzene rings is 2. The quantitative estimate of drug-likeness (QED) is 0.436. The number of rotatable bonds is 3. The minimum absolute atomic E-state index is 0.0319. The first-order valence-corrected chi connectivity index (χ1v) is 7.82. The Balaban J connectivity index is 2.28. The third-order valence-corrected chi connectivity index (χ3v) is 5.28. The molecule has 4 heteroatoms. The van der Waals surface area contributed by atoms with Crippen LogP contribution in [0, 0.1) is 22.1 Å². The molecule has 0 fully saturated rings. The van der Waals surface area contributed by atoms with Crippen LogP contribution in [0.4, 0.5) is 8.78 Å². The van der Waals surface area contributed by atoms with Crippen molar-refractivity contribution in [3.05, 3.63) is 68.3 Å². The Hall–Kier alpha value is -0.490. The normalized spacial score (nSPS) is 12.5. The maximum atomic E-state index is 13.7. The lowest BCUT2D eigenvalue weighted by molar-refractivity contribution is 0.498. The molecule has 0 nitrogen and oxygen atoms in total. The Kier molecular flexibility index (Phi) is 4.95. The maximum absolute atomic E-state index is 13.7. The average molecular weight is 437 g/mol. The van der Waals surface area contributed by atoms with E-state index >= 15 is 0 Å². The van der Waals surface area contributed by atoms with Gasteiger partial charge in [0.1, 0.15) is 0 Å². The van der Waals surface area contributed by atoms with Gasteiger partial charge >= 0.3 is 0 Å².